The zero-order valence-electron chi connectivity index (χ0n) is 15.9. The number of rotatable bonds is 6. The van der Waals surface area contributed by atoms with Gasteiger partial charge in [-0.15, -0.1) is 0 Å². The second kappa shape index (κ2) is 7.58. The van der Waals surface area contributed by atoms with Gasteiger partial charge in [0.25, 0.3) is 5.69 Å². The van der Waals surface area contributed by atoms with E-state index in [2.05, 4.69) is 6.58 Å². The third-order valence-electron chi connectivity index (χ3n) is 5.86. The molecule has 1 aromatic carbocycles. The van der Waals surface area contributed by atoms with Gasteiger partial charge in [-0.25, -0.2) is 0 Å². The molecule has 1 aromatic rings. The normalized spacial score (nSPS) is 26.4. The lowest BCUT2D eigenvalue weighted by Crippen LogP contribution is -2.47. The lowest BCUT2D eigenvalue weighted by atomic mass is 9.58. The molecule has 0 saturated heterocycles. The SMILES string of the molecule is C=C(c1ccc([N+](=O)[O-])cc1)C1(C2CC2)C=CCC(C(=O)OC)C1C(=O)OC. The van der Waals surface area contributed by atoms with Crippen LogP contribution in [0, 0.1) is 33.3 Å². The monoisotopic (exact) mass is 385 g/mol. The predicted molar refractivity (Wildman–Crippen MR) is 102 cm³/mol. The molecule has 7 heteroatoms. The Morgan fingerprint density at radius 2 is 1.75 bits per heavy atom. The van der Waals surface area contributed by atoms with Crippen LogP contribution in [-0.2, 0) is 19.1 Å². The fourth-order valence-electron chi connectivity index (χ4n) is 4.37. The zero-order chi connectivity index (χ0) is 20.5. The molecular weight excluding hydrogens is 362 g/mol. The Balaban J connectivity index is 2.10. The van der Waals surface area contributed by atoms with E-state index < -0.39 is 34.1 Å². The first-order valence-electron chi connectivity index (χ1n) is 9.14. The van der Waals surface area contributed by atoms with E-state index in [1.165, 1.54) is 26.4 Å². The minimum atomic E-state index is -0.791. The molecule has 3 unspecified atom stereocenters. The molecule has 0 spiro atoms. The fraction of sp³-hybridized carbons (Fsp3) is 0.429. The van der Waals surface area contributed by atoms with Crippen LogP contribution in [0.5, 0.6) is 0 Å². The summed E-state index contributed by atoms with van der Waals surface area (Å²) in [4.78, 5) is 35.8. The van der Waals surface area contributed by atoms with Crippen LogP contribution in [0.2, 0.25) is 0 Å². The molecule has 0 aromatic heterocycles. The van der Waals surface area contributed by atoms with Crippen LogP contribution in [0.4, 0.5) is 5.69 Å². The average molecular weight is 385 g/mol. The number of ether oxygens (including phenoxy) is 2. The minimum absolute atomic E-state index is 0.0202. The first kappa shape index (κ1) is 19.8. The number of hydrogen-bond acceptors (Lipinski definition) is 6. The fourth-order valence-corrected chi connectivity index (χ4v) is 4.37. The third-order valence-corrected chi connectivity index (χ3v) is 5.86. The molecule has 0 amide bonds. The van der Waals surface area contributed by atoms with Crippen molar-refractivity contribution < 1.29 is 24.0 Å². The molecule has 0 heterocycles. The van der Waals surface area contributed by atoms with E-state index in [-0.39, 0.29) is 11.6 Å². The Hall–Kier alpha value is -2.96. The number of carbonyl (C=O) groups excluding carboxylic acids is 2. The van der Waals surface area contributed by atoms with Crippen LogP contribution in [-0.4, -0.2) is 31.1 Å². The Morgan fingerprint density at radius 3 is 2.25 bits per heavy atom. The maximum atomic E-state index is 12.8. The Labute approximate surface area is 163 Å². The van der Waals surface area contributed by atoms with Gasteiger partial charge < -0.3 is 9.47 Å². The van der Waals surface area contributed by atoms with Gasteiger partial charge in [-0.1, -0.05) is 18.7 Å². The van der Waals surface area contributed by atoms with Gasteiger partial charge in [0.05, 0.1) is 31.0 Å². The van der Waals surface area contributed by atoms with E-state index in [9.17, 15) is 19.7 Å². The van der Waals surface area contributed by atoms with Gasteiger partial charge in [0.15, 0.2) is 0 Å². The molecule has 2 aliphatic rings. The average Bonchev–Trinajstić information content (AvgIpc) is 3.57. The molecule has 0 N–H and O–H groups in total. The largest absolute Gasteiger partial charge is 0.469 e. The number of carbonyl (C=O) groups is 2. The molecule has 2 aliphatic carbocycles. The number of hydrogen-bond donors (Lipinski definition) is 0. The maximum Gasteiger partial charge on any atom is 0.310 e. The topological polar surface area (TPSA) is 95.7 Å². The quantitative estimate of drug-likeness (QED) is 0.322. The third kappa shape index (κ3) is 3.21. The summed E-state index contributed by atoms with van der Waals surface area (Å²) in [5.74, 6) is -2.22. The van der Waals surface area contributed by atoms with Gasteiger partial charge in [-0.05, 0) is 48.4 Å². The van der Waals surface area contributed by atoms with Crippen LogP contribution < -0.4 is 0 Å². The van der Waals surface area contributed by atoms with Crippen LogP contribution in [0.15, 0.2) is 43.0 Å². The second-order valence-corrected chi connectivity index (χ2v) is 7.26. The summed E-state index contributed by atoms with van der Waals surface area (Å²) in [5, 5.41) is 11.0. The van der Waals surface area contributed by atoms with Crippen molar-refractivity contribution in [2.75, 3.05) is 14.2 Å². The summed E-state index contributed by atoms with van der Waals surface area (Å²) in [5.41, 5.74) is 0.542. The van der Waals surface area contributed by atoms with E-state index in [4.69, 9.17) is 9.47 Å². The lowest BCUT2D eigenvalue weighted by Gasteiger charge is -2.44. The van der Waals surface area contributed by atoms with Crippen molar-refractivity contribution in [3.8, 4) is 0 Å². The predicted octanol–water partition coefficient (Wildman–Crippen LogP) is 3.54. The number of non-ortho nitro benzene ring substituents is 1. The molecule has 3 rings (SSSR count). The van der Waals surface area contributed by atoms with E-state index >= 15 is 0 Å². The van der Waals surface area contributed by atoms with Gasteiger partial charge >= 0.3 is 11.9 Å². The van der Waals surface area contributed by atoms with Crippen LogP contribution in [0.1, 0.15) is 24.8 Å². The van der Waals surface area contributed by atoms with E-state index in [1.54, 1.807) is 12.1 Å². The molecule has 1 saturated carbocycles. The van der Waals surface area contributed by atoms with E-state index in [0.29, 0.717) is 17.6 Å². The highest BCUT2D eigenvalue weighted by Crippen LogP contribution is 2.61. The second-order valence-electron chi connectivity index (χ2n) is 7.26. The molecule has 1 fully saturated rings. The van der Waals surface area contributed by atoms with Gasteiger partial charge in [0, 0.05) is 17.5 Å². The maximum absolute atomic E-state index is 12.8. The van der Waals surface area contributed by atoms with Crippen molar-refractivity contribution in [3.05, 3.63) is 58.7 Å². The summed E-state index contributed by atoms with van der Waals surface area (Å²) in [6.45, 7) is 4.26. The summed E-state index contributed by atoms with van der Waals surface area (Å²) >= 11 is 0. The molecule has 0 bridgehead atoms. The number of nitrogens with zero attached hydrogens (tertiary/aromatic N) is 1. The summed E-state index contributed by atoms with van der Waals surface area (Å²) < 4.78 is 10.0. The first-order chi connectivity index (χ1) is 13.4. The lowest BCUT2D eigenvalue weighted by molar-refractivity contribution is -0.384. The standard InChI is InChI=1S/C21H23NO6/c1-13(14-6-10-16(11-7-14)22(25)26)21(15-8-9-15)12-4-5-17(19(23)27-2)18(21)20(24)28-3/h4,6-7,10-12,15,17-18H,1,5,8-9H2,2-3H3. The first-order valence-corrected chi connectivity index (χ1v) is 9.14. The van der Waals surface area contributed by atoms with Gasteiger partial charge in [-0.2, -0.15) is 0 Å². The number of nitro benzene ring substituents is 1. The van der Waals surface area contributed by atoms with Crippen LogP contribution in [0.25, 0.3) is 5.57 Å². The highest BCUT2D eigenvalue weighted by Gasteiger charge is 2.58. The smallest absolute Gasteiger partial charge is 0.310 e. The Bertz CT molecular complexity index is 839. The highest BCUT2D eigenvalue weighted by molar-refractivity contribution is 5.88. The number of allylic oxidation sites excluding steroid dienone is 3. The molecular formula is C21H23NO6. The van der Waals surface area contributed by atoms with E-state index in [0.717, 1.165) is 12.8 Å². The van der Waals surface area contributed by atoms with Crippen LogP contribution >= 0.6 is 0 Å². The van der Waals surface area contributed by atoms with Crippen molar-refractivity contribution in [3.63, 3.8) is 0 Å². The van der Waals surface area contributed by atoms with Crippen molar-refractivity contribution in [2.45, 2.75) is 19.3 Å². The Kier molecular flexibility index (Phi) is 5.36. The van der Waals surface area contributed by atoms with Crippen LogP contribution in [0.3, 0.4) is 0 Å². The van der Waals surface area contributed by atoms with E-state index in [1.807, 2.05) is 12.2 Å². The molecule has 3 atom stereocenters. The molecule has 7 nitrogen and oxygen atoms in total. The molecule has 0 radical (unpaired) electrons. The number of esters is 2. The molecule has 0 aliphatic heterocycles. The van der Waals surface area contributed by atoms with Crippen molar-refractivity contribution in [2.24, 2.45) is 23.2 Å². The van der Waals surface area contributed by atoms with Crippen molar-refractivity contribution in [1.82, 2.24) is 0 Å². The number of benzene rings is 1. The van der Waals surface area contributed by atoms with Crippen molar-refractivity contribution in [1.29, 1.82) is 0 Å². The Morgan fingerprint density at radius 1 is 1.14 bits per heavy atom. The number of nitro groups is 1. The summed E-state index contributed by atoms with van der Waals surface area (Å²) in [7, 11) is 2.61. The van der Waals surface area contributed by atoms with Gasteiger partial charge in [0.1, 0.15) is 0 Å². The minimum Gasteiger partial charge on any atom is -0.469 e. The van der Waals surface area contributed by atoms with Gasteiger partial charge in [0.2, 0.25) is 0 Å². The summed E-state index contributed by atoms with van der Waals surface area (Å²) in [6, 6.07) is 6.10. The zero-order valence-corrected chi connectivity index (χ0v) is 15.9. The number of methoxy groups -OCH3 is 2. The molecule has 28 heavy (non-hydrogen) atoms. The molecule has 148 valence electrons. The summed E-state index contributed by atoms with van der Waals surface area (Å²) in [6.07, 6.45) is 6.05. The van der Waals surface area contributed by atoms with Gasteiger partial charge in [-0.3, -0.25) is 19.7 Å². The van der Waals surface area contributed by atoms with Crippen molar-refractivity contribution >= 4 is 23.2 Å². The highest BCUT2D eigenvalue weighted by atomic mass is 16.6.